The van der Waals surface area contributed by atoms with E-state index >= 15 is 0 Å². The van der Waals surface area contributed by atoms with E-state index in [-0.39, 0.29) is 6.61 Å². The Labute approximate surface area is 283 Å². The maximum Gasteiger partial charge on any atom is 0.469 e. The molecule has 13 N–H and O–H groups in total. The molecule has 3 saturated heterocycles. The molecule has 1 amide bonds. The van der Waals surface area contributed by atoms with Gasteiger partial charge in [0.25, 0.3) is 5.79 Å². The van der Waals surface area contributed by atoms with Gasteiger partial charge < -0.3 is 94.6 Å². The van der Waals surface area contributed by atoms with E-state index in [0.29, 0.717) is 0 Å². The van der Waals surface area contributed by atoms with Gasteiger partial charge in [0, 0.05) is 13.3 Å². The highest BCUT2D eigenvalue weighted by Gasteiger charge is 2.59. The molecule has 0 radical (unpaired) electrons. The highest BCUT2D eigenvalue weighted by molar-refractivity contribution is 7.46. The fourth-order valence-corrected chi connectivity index (χ4v) is 6.15. The Morgan fingerprint density at radius 1 is 0.960 bits per heavy atom. The van der Waals surface area contributed by atoms with Crippen LogP contribution >= 0.6 is 7.82 Å². The Balaban J connectivity index is 1.96. The topological polar surface area (TPSA) is 371 Å². The summed E-state index contributed by atoms with van der Waals surface area (Å²) in [5.74, 6) is -5.70. The third-order valence-electron chi connectivity index (χ3n) is 8.05. The molecule has 24 heteroatoms. The highest BCUT2D eigenvalue weighted by Crippen LogP contribution is 2.46. The second kappa shape index (κ2) is 17.8. The van der Waals surface area contributed by atoms with Crippen molar-refractivity contribution in [3.8, 4) is 0 Å². The number of carbonyl (C=O) groups is 2. The third kappa shape index (κ3) is 9.99. The van der Waals surface area contributed by atoms with Crippen LogP contribution in [0.3, 0.4) is 0 Å². The summed E-state index contributed by atoms with van der Waals surface area (Å²) >= 11 is 0. The fraction of sp³-hybridized carbons (Fsp3) is 0.846. The predicted molar refractivity (Wildman–Crippen MR) is 155 cm³/mol. The fourth-order valence-electron chi connectivity index (χ4n) is 5.60. The second-order valence-electron chi connectivity index (χ2n) is 11.7. The summed E-state index contributed by atoms with van der Waals surface area (Å²) in [5, 5.41) is 105. The Morgan fingerprint density at radius 3 is 2.12 bits per heavy atom. The highest BCUT2D eigenvalue weighted by atomic mass is 31.2. The van der Waals surface area contributed by atoms with Gasteiger partial charge in [0.1, 0.15) is 79.3 Å². The molecule has 3 rings (SSSR count). The lowest BCUT2D eigenvalue weighted by Crippen LogP contribution is -2.68. The number of carboxylic acids is 1. The van der Waals surface area contributed by atoms with Gasteiger partial charge >= 0.3 is 13.8 Å². The first-order valence-corrected chi connectivity index (χ1v) is 16.6. The van der Waals surface area contributed by atoms with Crippen LogP contribution in [0.15, 0.2) is 12.7 Å². The van der Waals surface area contributed by atoms with E-state index in [2.05, 4.69) is 11.9 Å². The standard InChI is InChI=1S/C26H44NO22P/c1-3-4-43-23-14(27-9(2)30)16(34)15(33)13(45-23)8-44-26(25(38)39)5-12(49-50(40,41)42)22(21(48-26)11(32)7-29)47-24-19(37)17(35)18(36)20(46-24)10(31)6-28/h3,10-24,28-29,31-37H,1,4-8H2,2H3,(H,27,30)(H,38,39)(H2,40,41,42)/t10-,11+,12+,13+,14+,15+,16+,17-,18-,19-,20+,21+,22+,23+,24+,26+/m0/s1. The summed E-state index contributed by atoms with van der Waals surface area (Å²) < 4.78 is 49.8. The number of carbonyl (C=O) groups excluding carboxylic acids is 1. The normalized spacial score (nSPS) is 40.8. The third-order valence-corrected chi connectivity index (χ3v) is 8.59. The number of hydrogen-bond acceptors (Lipinski definition) is 19. The van der Waals surface area contributed by atoms with Gasteiger partial charge in [-0.3, -0.25) is 9.32 Å². The van der Waals surface area contributed by atoms with E-state index in [1.54, 1.807) is 0 Å². The Bertz CT molecular complexity index is 1190. The van der Waals surface area contributed by atoms with Crippen molar-refractivity contribution < 1.29 is 108 Å². The molecule has 0 spiro atoms. The lowest BCUT2D eigenvalue weighted by molar-refractivity contribution is -0.372. The van der Waals surface area contributed by atoms with Crippen LogP contribution in [-0.2, 0) is 47.1 Å². The average molecular weight is 754 g/mol. The maximum absolute atomic E-state index is 12.7. The van der Waals surface area contributed by atoms with Crippen LogP contribution in [0.5, 0.6) is 0 Å². The quantitative estimate of drug-likeness (QED) is 0.0514. The minimum Gasteiger partial charge on any atom is -0.477 e. The number of amides is 1. The van der Waals surface area contributed by atoms with Crippen LogP contribution < -0.4 is 5.32 Å². The first-order chi connectivity index (χ1) is 23.3. The van der Waals surface area contributed by atoms with Crippen molar-refractivity contribution in [1.82, 2.24) is 5.32 Å². The molecule has 16 atom stereocenters. The molecule has 0 bridgehead atoms. The lowest BCUT2D eigenvalue weighted by Gasteiger charge is -2.49. The van der Waals surface area contributed by atoms with E-state index in [4.69, 9.17) is 32.9 Å². The summed E-state index contributed by atoms with van der Waals surface area (Å²) in [5.41, 5.74) is 0. The summed E-state index contributed by atoms with van der Waals surface area (Å²) in [6.07, 6.45) is -27.4. The first-order valence-electron chi connectivity index (χ1n) is 15.0. The van der Waals surface area contributed by atoms with Crippen LogP contribution in [0.25, 0.3) is 0 Å². The molecular weight excluding hydrogens is 709 g/mol. The Kier molecular flexibility index (Phi) is 15.2. The van der Waals surface area contributed by atoms with Crippen LogP contribution in [0.2, 0.25) is 0 Å². The van der Waals surface area contributed by atoms with Crippen molar-refractivity contribution >= 4 is 19.7 Å². The van der Waals surface area contributed by atoms with Crippen molar-refractivity contribution in [1.29, 1.82) is 0 Å². The van der Waals surface area contributed by atoms with E-state index in [1.807, 2.05) is 0 Å². The van der Waals surface area contributed by atoms with Crippen LogP contribution in [-0.4, -0.2) is 197 Å². The number of phosphoric acid groups is 1. The summed E-state index contributed by atoms with van der Waals surface area (Å²) in [7, 11) is -5.60. The minimum atomic E-state index is -5.60. The van der Waals surface area contributed by atoms with Crippen molar-refractivity contribution in [2.24, 2.45) is 0 Å². The molecule has 3 heterocycles. The van der Waals surface area contributed by atoms with Gasteiger partial charge in [-0.1, -0.05) is 6.08 Å². The SMILES string of the molecule is C=CCO[C@@H]1O[C@H](CO[C@]2(C(=O)O)C[C@@H](OP(=O)(O)O)[C@@H](O[C@H]3O[C@H]([C@@H](O)CO)[C@@H](O)[C@H](O)[C@@H]3O)[C@@H]([C@H](O)CO)O2)[C@@H](O)[C@H](O)[C@H]1NC(C)=O. The number of aliphatic hydroxyl groups excluding tert-OH is 9. The largest absolute Gasteiger partial charge is 0.477 e. The molecule has 0 unspecified atom stereocenters. The number of rotatable bonds is 16. The molecular formula is C26H44NO22P. The van der Waals surface area contributed by atoms with Gasteiger partial charge in [-0.15, -0.1) is 6.58 Å². The van der Waals surface area contributed by atoms with E-state index in [1.165, 1.54) is 6.08 Å². The van der Waals surface area contributed by atoms with Crippen molar-refractivity contribution in [2.45, 2.75) is 111 Å². The first kappa shape index (κ1) is 42.6. The maximum atomic E-state index is 12.7. The number of aliphatic hydroxyl groups is 9. The van der Waals surface area contributed by atoms with E-state index < -0.39 is 144 Å². The number of aliphatic carboxylic acids is 1. The molecule has 3 aliphatic rings. The molecule has 0 aliphatic carbocycles. The summed E-state index contributed by atoms with van der Waals surface area (Å²) in [6.45, 7) is 1.22. The molecule has 0 saturated carbocycles. The molecule has 0 aromatic rings. The molecule has 50 heavy (non-hydrogen) atoms. The summed E-state index contributed by atoms with van der Waals surface area (Å²) in [6, 6.07) is -1.32. The van der Waals surface area contributed by atoms with Gasteiger partial charge in [-0.2, -0.15) is 0 Å². The number of nitrogens with one attached hydrogen (secondary N) is 1. The zero-order chi connectivity index (χ0) is 37.7. The smallest absolute Gasteiger partial charge is 0.469 e. The van der Waals surface area contributed by atoms with E-state index in [9.17, 15) is 75.0 Å². The molecule has 0 aromatic carbocycles. The molecule has 3 fully saturated rings. The second-order valence-corrected chi connectivity index (χ2v) is 12.9. The molecule has 3 aliphatic heterocycles. The van der Waals surface area contributed by atoms with Crippen molar-refractivity contribution in [3.63, 3.8) is 0 Å². The molecule has 290 valence electrons. The Morgan fingerprint density at radius 2 is 1.58 bits per heavy atom. The molecule has 23 nitrogen and oxygen atoms in total. The van der Waals surface area contributed by atoms with E-state index in [0.717, 1.165) is 6.92 Å². The van der Waals surface area contributed by atoms with Gasteiger partial charge in [-0.05, 0) is 0 Å². The number of ether oxygens (including phenoxy) is 6. The van der Waals surface area contributed by atoms with Crippen molar-refractivity contribution in [3.05, 3.63) is 12.7 Å². The van der Waals surface area contributed by atoms with Gasteiger partial charge in [0.2, 0.25) is 5.91 Å². The Hall–Kier alpha value is -1.81. The minimum absolute atomic E-state index is 0.169. The number of hydrogen-bond donors (Lipinski definition) is 13. The zero-order valence-electron chi connectivity index (χ0n) is 26.4. The van der Waals surface area contributed by atoms with Gasteiger partial charge in [0.05, 0.1) is 26.4 Å². The van der Waals surface area contributed by atoms with Gasteiger partial charge in [0.15, 0.2) is 12.6 Å². The zero-order valence-corrected chi connectivity index (χ0v) is 27.3. The number of carboxylic acid groups (broad SMARTS) is 1. The molecule has 0 aromatic heterocycles. The van der Waals surface area contributed by atoms with Crippen molar-refractivity contribution in [2.75, 3.05) is 26.4 Å². The van der Waals surface area contributed by atoms with Crippen LogP contribution in [0.1, 0.15) is 13.3 Å². The monoisotopic (exact) mass is 753 g/mol. The average Bonchev–Trinajstić information content (AvgIpc) is 3.05. The van der Waals surface area contributed by atoms with Crippen LogP contribution in [0.4, 0.5) is 0 Å². The predicted octanol–water partition coefficient (Wildman–Crippen LogP) is -6.90. The van der Waals surface area contributed by atoms with Crippen LogP contribution in [0, 0.1) is 0 Å². The lowest BCUT2D eigenvalue weighted by atomic mass is 9.91. The summed E-state index contributed by atoms with van der Waals surface area (Å²) in [4.78, 5) is 43.8. The van der Waals surface area contributed by atoms with Gasteiger partial charge in [-0.25, -0.2) is 9.36 Å². The number of phosphoric ester groups is 1.